The molecule has 9 nitrogen and oxygen atoms in total. The van der Waals surface area contributed by atoms with Crippen LogP contribution in [0.1, 0.15) is 106 Å². The fraction of sp³-hybridized carbons (Fsp3) is 0.738. The second kappa shape index (κ2) is 21.2. The van der Waals surface area contributed by atoms with Crippen LogP contribution in [0.15, 0.2) is 42.6 Å². The van der Waals surface area contributed by atoms with Gasteiger partial charge in [-0.2, -0.15) is 0 Å². The first-order valence-corrected chi connectivity index (χ1v) is 19.2. The molecule has 290 valence electrons. The van der Waals surface area contributed by atoms with E-state index in [4.69, 9.17) is 14.2 Å². The zero-order chi connectivity index (χ0) is 38.6. The lowest BCUT2D eigenvalue weighted by Crippen LogP contribution is -2.50. The van der Waals surface area contributed by atoms with Crippen LogP contribution in [0, 0.1) is 41.4 Å². The van der Waals surface area contributed by atoms with Gasteiger partial charge in [0.2, 0.25) is 5.91 Å². The predicted octanol–water partition coefficient (Wildman–Crippen LogP) is 7.03. The molecule has 9 heteroatoms. The highest BCUT2D eigenvalue weighted by Gasteiger charge is 2.42. The number of aliphatic hydroxyl groups excluding tert-OH is 1. The molecule has 0 bridgehead atoms. The van der Waals surface area contributed by atoms with Gasteiger partial charge in [-0.25, -0.2) is 0 Å². The summed E-state index contributed by atoms with van der Waals surface area (Å²) in [6.45, 7) is 23.3. The number of hydrogen-bond donors (Lipinski definition) is 2. The van der Waals surface area contributed by atoms with E-state index in [0.29, 0.717) is 6.42 Å². The number of methoxy groups -OCH3 is 3. The molecule has 0 aliphatic carbocycles. The van der Waals surface area contributed by atoms with Crippen LogP contribution in [-0.2, 0) is 28.6 Å². The Morgan fingerprint density at radius 3 is 2.04 bits per heavy atom. The van der Waals surface area contributed by atoms with E-state index in [0.717, 1.165) is 37.1 Å². The minimum absolute atomic E-state index is 0.00206. The average Bonchev–Trinajstić information content (AvgIpc) is 3.59. The van der Waals surface area contributed by atoms with Crippen molar-refractivity contribution in [2.24, 2.45) is 41.4 Å². The summed E-state index contributed by atoms with van der Waals surface area (Å²) < 4.78 is 17.8. The molecule has 3 unspecified atom stereocenters. The van der Waals surface area contributed by atoms with Gasteiger partial charge in [0.05, 0.1) is 36.3 Å². The van der Waals surface area contributed by atoms with E-state index < -0.39 is 36.2 Å². The molecule has 0 radical (unpaired) electrons. The number of carbonyl (C=O) groups excluding carboxylic acids is 3. The molecule has 1 aliphatic heterocycles. The van der Waals surface area contributed by atoms with E-state index in [-0.39, 0.29) is 65.6 Å². The summed E-state index contributed by atoms with van der Waals surface area (Å²) in [5.74, 6) is -1.21. The quantitative estimate of drug-likeness (QED) is 0.124. The molecular formula is C42H70N2O7. The Morgan fingerprint density at radius 1 is 0.902 bits per heavy atom. The summed E-state index contributed by atoms with van der Waals surface area (Å²) in [5.41, 5.74) is 1.65. The maximum Gasteiger partial charge on any atom is 0.225 e. The highest BCUT2D eigenvalue weighted by atomic mass is 16.5. The first-order chi connectivity index (χ1) is 24.0. The van der Waals surface area contributed by atoms with Gasteiger partial charge in [0.25, 0.3) is 0 Å². The smallest absolute Gasteiger partial charge is 0.225 e. The van der Waals surface area contributed by atoms with E-state index in [2.05, 4.69) is 30.6 Å². The summed E-state index contributed by atoms with van der Waals surface area (Å²) in [6, 6.07) is 8.78. The minimum atomic E-state index is -0.830. The van der Waals surface area contributed by atoms with Crippen molar-refractivity contribution < 1.29 is 33.7 Å². The van der Waals surface area contributed by atoms with E-state index >= 15 is 0 Å². The van der Waals surface area contributed by atoms with Crippen LogP contribution in [-0.4, -0.2) is 85.7 Å². The maximum absolute atomic E-state index is 14.3. The van der Waals surface area contributed by atoms with E-state index in [1.54, 1.807) is 28.3 Å². The van der Waals surface area contributed by atoms with Crippen LogP contribution in [0.5, 0.6) is 0 Å². The third-order valence-corrected chi connectivity index (χ3v) is 11.5. The number of aliphatic hydroxyl groups is 1. The second-order valence-corrected chi connectivity index (χ2v) is 15.7. The standard InChI is InChI=1S/C42H70N2O7/c1-14-27(6)37(29(8)38(46)33(25(2)3)24-35(45)40(50-12)26(4)5)36(49-11)23-28(7)44-22-18-21-34(44)41(51-13)30(9)42(48)43-31(10)39(47)32-19-16-15-17-20-32/h15-17,19-20,25-27,29-31,33-34,36-37,39-41,47H,7,14,18,21-24H2,1-6,8-13H3,(H,43,48)/t27-,29?,30+,31+,33-,34-,36+,37+,39?,40?,41+/m0/s1. The number of benzene rings is 1. The van der Waals surface area contributed by atoms with Crippen LogP contribution >= 0.6 is 0 Å². The molecule has 1 aromatic carbocycles. The molecule has 1 amide bonds. The van der Waals surface area contributed by atoms with Gasteiger partial charge < -0.3 is 29.5 Å². The average molecular weight is 715 g/mol. The SMILES string of the molecule is C=C(C[C@@H](OC)[C@@H](C(C)C(=O)[C@@H](CC(=O)C(OC)C(C)C)C(C)C)[C@@H](C)CC)N1CCC[C@H]1[C@H](OC)[C@@H](C)C(=O)N[C@H](C)C(O)c1ccccc1. The third kappa shape index (κ3) is 11.7. The summed E-state index contributed by atoms with van der Waals surface area (Å²) >= 11 is 0. The number of likely N-dealkylation sites (tertiary alicyclic amines) is 1. The van der Waals surface area contributed by atoms with Crippen molar-refractivity contribution in [2.75, 3.05) is 27.9 Å². The van der Waals surface area contributed by atoms with E-state index in [1.807, 2.05) is 71.9 Å². The monoisotopic (exact) mass is 715 g/mol. The van der Waals surface area contributed by atoms with Gasteiger partial charge in [0, 0.05) is 58.2 Å². The Bertz CT molecular complexity index is 1240. The van der Waals surface area contributed by atoms with Crippen LogP contribution in [0.2, 0.25) is 0 Å². The predicted molar refractivity (Wildman–Crippen MR) is 204 cm³/mol. The van der Waals surface area contributed by atoms with Crippen LogP contribution in [0.25, 0.3) is 0 Å². The zero-order valence-electron chi connectivity index (χ0n) is 33.7. The number of amides is 1. The first-order valence-electron chi connectivity index (χ1n) is 19.2. The van der Waals surface area contributed by atoms with Gasteiger partial charge in [-0.15, -0.1) is 0 Å². The highest BCUT2D eigenvalue weighted by Crippen LogP contribution is 2.38. The van der Waals surface area contributed by atoms with Gasteiger partial charge in [-0.05, 0) is 49.0 Å². The molecule has 2 rings (SSSR count). The summed E-state index contributed by atoms with van der Waals surface area (Å²) in [4.78, 5) is 43.3. The van der Waals surface area contributed by atoms with Crippen molar-refractivity contribution in [3.8, 4) is 0 Å². The Hall–Kier alpha value is -2.59. The Kier molecular flexibility index (Phi) is 18.5. The molecule has 1 fully saturated rings. The van der Waals surface area contributed by atoms with Crippen LogP contribution < -0.4 is 5.32 Å². The van der Waals surface area contributed by atoms with E-state index in [1.165, 1.54) is 0 Å². The molecule has 1 aromatic rings. The number of hydrogen-bond acceptors (Lipinski definition) is 8. The first kappa shape index (κ1) is 44.6. The number of ether oxygens (including phenoxy) is 3. The fourth-order valence-corrected chi connectivity index (χ4v) is 8.22. The van der Waals surface area contributed by atoms with Crippen LogP contribution in [0.4, 0.5) is 0 Å². The van der Waals surface area contributed by atoms with Gasteiger partial charge >= 0.3 is 0 Å². The summed E-state index contributed by atoms with van der Waals surface area (Å²) in [6.07, 6.45) is 1.32. The lowest BCUT2D eigenvalue weighted by Gasteiger charge is -2.40. The topological polar surface area (TPSA) is 114 Å². The van der Waals surface area contributed by atoms with Crippen molar-refractivity contribution in [2.45, 2.75) is 131 Å². The zero-order valence-corrected chi connectivity index (χ0v) is 33.7. The van der Waals surface area contributed by atoms with E-state index in [9.17, 15) is 19.5 Å². The molecule has 1 aliphatic rings. The fourth-order valence-electron chi connectivity index (χ4n) is 8.22. The second-order valence-electron chi connectivity index (χ2n) is 15.7. The van der Waals surface area contributed by atoms with Crippen molar-refractivity contribution in [1.82, 2.24) is 10.2 Å². The molecule has 51 heavy (non-hydrogen) atoms. The molecule has 11 atom stereocenters. The molecule has 1 saturated heterocycles. The van der Waals surface area contributed by atoms with Gasteiger partial charge in [-0.1, -0.05) is 98.7 Å². The Balaban J connectivity index is 2.24. The third-order valence-electron chi connectivity index (χ3n) is 11.5. The van der Waals surface area contributed by atoms with Crippen molar-refractivity contribution >= 4 is 17.5 Å². The minimum Gasteiger partial charge on any atom is -0.386 e. The van der Waals surface area contributed by atoms with Crippen molar-refractivity contribution in [1.29, 1.82) is 0 Å². The Morgan fingerprint density at radius 2 is 1.53 bits per heavy atom. The van der Waals surface area contributed by atoms with Crippen molar-refractivity contribution in [3.05, 3.63) is 48.2 Å². The van der Waals surface area contributed by atoms with Gasteiger partial charge in [0.1, 0.15) is 11.9 Å². The Labute approximate surface area is 309 Å². The van der Waals surface area contributed by atoms with Crippen molar-refractivity contribution in [3.63, 3.8) is 0 Å². The molecule has 1 heterocycles. The molecule has 0 aromatic heterocycles. The van der Waals surface area contributed by atoms with Gasteiger partial charge in [0.15, 0.2) is 5.78 Å². The maximum atomic E-state index is 14.3. The number of carbonyl (C=O) groups is 3. The van der Waals surface area contributed by atoms with Crippen LogP contribution in [0.3, 0.4) is 0 Å². The molecule has 2 N–H and O–H groups in total. The lowest BCUT2D eigenvalue weighted by atomic mass is 9.70. The number of rotatable bonds is 23. The number of nitrogens with one attached hydrogen (secondary N) is 1. The molecular weight excluding hydrogens is 644 g/mol. The largest absolute Gasteiger partial charge is 0.386 e. The van der Waals surface area contributed by atoms with Gasteiger partial charge in [-0.3, -0.25) is 14.4 Å². The highest BCUT2D eigenvalue weighted by molar-refractivity contribution is 5.91. The molecule has 0 spiro atoms. The number of Topliss-reactive ketones (excluding diaryl/α,β-unsaturated/α-hetero) is 2. The normalized spacial score (nSPS) is 20.9. The number of ketones is 2. The summed E-state index contributed by atoms with van der Waals surface area (Å²) in [5, 5.41) is 13.9. The molecule has 0 saturated carbocycles. The number of nitrogens with zero attached hydrogens (tertiary/aromatic N) is 1. The lowest BCUT2D eigenvalue weighted by molar-refractivity contribution is -0.140. The summed E-state index contributed by atoms with van der Waals surface area (Å²) in [7, 11) is 4.91.